The smallest absolute Gasteiger partial charge is 0.0291 e. The molecule has 0 aliphatic carbocycles. The molecule has 0 heterocycles. The van der Waals surface area contributed by atoms with Gasteiger partial charge in [-0.25, -0.2) is 0 Å². The third-order valence-electron chi connectivity index (χ3n) is 3.76. The van der Waals surface area contributed by atoms with Crippen LogP contribution in [0.1, 0.15) is 57.7 Å². The number of benzene rings is 1. The van der Waals surface area contributed by atoms with Crippen molar-refractivity contribution in [1.29, 1.82) is 0 Å². The van der Waals surface area contributed by atoms with Gasteiger partial charge in [-0.3, -0.25) is 0 Å². The molecule has 20 heavy (non-hydrogen) atoms. The minimum atomic E-state index is 0.237. The van der Waals surface area contributed by atoms with Gasteiger partial charge in [-0.15, -0.1) is 0 Å². The fourth-order valence-corrected chi connectivity index (χ4v) is 2.26. The first-order valence-electron chi connectivity index (χ1n) is 7.79. The second-order valence-corrected chi connectivity index (χ2v) is 7.06. The zero-order valence-corrected chi connectivity index (χ0v) is 14.2. The van der Waals surface area contributed by atoms with Gasteiger partial charge in [-0.05, 0) is 63.5 Å². The predicted molar refractivity (Wildman–Crippen MR) is 89.3 cm³/mol. The van der Waals surface area contributed by atoms with Crippen molar-refractivity contribution in [3.63, 3.8) is 0 Å². The van der Waals surface area contributed by atoms with E-state index in [2.05, 4.69) is 76.3 Å². The lowest BCUT2D eigenvalue weighted by Gasteiger charge is -2.21. The monoisotopic (exact) mass is 276 g/mol. The summed E-state index contributed by atoms with van der Waals surface area (Å²) in [5.41, 5.74) is 3.02. The summed E-state index contributed by atoms with van der Waals surface area (Å²) in [6, 6.07) is 9.48. The van der Waals surface area contributed by atoms with Gasteiger partial charge in [0, 0.05) is 6.04 Å². The highest BCUT2D eigenvalue weighted by atomic mass is 15.0. The molecule has 0 bridgehead atoms. The summed E-state index contributed by atoms with van der Waals surface area (Å²) in [6.07, 6.45) is 2.50. The average molecular weight is 276 g/mol. The van der Waals surface area contributed by atoms with Gasteiger partial charge >= 0.3 is 0 Å². The van der Waals surface area contributed by atoms with Crippen LogP contribution in [0, 0.1) is 0 Å². The van der Waals surface area contributed by atoms with Gasteiger partial charge in [0.05, 0.1) is 0 Å². The van der Waals surface area contributed by atoms with E-state index in [1.807, 2.05) is 0 Å². The molecule has 1 aromatic carbocycles. The molecule has 0 aliphatic heterocycles. The minimum absolute atomic E-state index is 0.237. The number of nitrogens with zero attached hydrogens (tertiary/aromatic N) is 1. The topological polar surface area (TPSA) is 15.3 Å². The van der Waals surface area contributed by atoms with E-state index in [4.69, 9.17) is 0 Å². The van der Waals surface area contributed by atoms with Crippen molar-refractivity contribution < 1.29 is 0 Å². The number of nitrogens with one attached hydrogen (secondary N) is 1. The molecule has 0 aromatic heterocycles. The summed E-state index contributed by atoms with van der Waals surface area (Å²) in [6.45, 7) is 11.3. The Bertz CT molecular complexity index is 373. The molecule has 2 nitrogen and oxygen atoms in total. The highest BCUT2D eigenvalue weighted by Crippen LogP contribution is 2.23. The first-order chi connectivity index (χ1) is 9.30. The molecule has 0 spiro atoms. The van der Waals surface area contributed by atoms with Crippen LogP contribution in [0.2, 0.25) is 0 Å². The van der Waals surface area contributed by atoms with Gasteiger partial charge in [-0.1, -0.05) is 45.0 Å². The van der Waals surface area contributed by atoms with E-state index < -0.39 is 0 Å². The van der Waals surface area contributed by atoms with Crippen LogP contribution in [0.5, 0.6) is 0 Å². The van der Waals surface area contributed by atoms with Crippen molar-refractivity contribution in [2.75, 3.05) is 27.2 Å². The van der Waals surface area contributed by atoms with Crippen LogP contribution in [0.15, 0.2) is 24.3 Å². The molecule has 0 saturated carbocycles. The van der Waals surface area contributed by atoms with Crippen molar-refractivity contribution >= 4 is 0 Å². The predicted octanol–water partition coefficient (Wildman–Crippen LogP) is 3.98. The third kappa shape index (κ3) is 6.06. The van der Waals surface area contributed by atoms with Crippen molar-refractivity contribution in [2.24, 2.45) is 0 Å². The Labute approximate surface area is 125 Å². The van der Waals surface area contributed by atoms with Crippen LogP contribution < -0.4 is 5.32 Å². The third-order valence-corrected chi connectivity index (χ3v) is 3.76. The first-order valence-corrected chi connectivity index (χ1v) is 7.79. The van der Waals surface area contributed by atoms with E-state index in [1.165, 1.54) is 30.5 Å². The Hall–Kier alpha value is -0.860. The number of unbranched alkanes of at least 4 members (excludes halogenated alkanes) is 1. The van der Waals surface area contributed by atoms with Crippen LogP contribution >= 0.6 is 0 Å². The van der Waals surface area contributed by atoms with Gasteiger partial charge in [0.15, 0.2) is 0 Å². The van der Waals surface area contributed by atoms with Gasteiger partial charge in [0.25, 0.3) is 0 Å². The lowest BCUT2D eigenvalue weighted by Crippen LogP contribution is -2.21. The molecule has 1 aromatic rings. The molecule has 1 unspecified atom stereocenters. The SMILES string of the molecule is CC(NCCCCN(C)C)c1ccc(C(C)(C)C)cc1. The van der Waals surface area contributed by atoms with Gasteiger partial charge in [-0.2, -0.15) is 0 Å². The Morgan fingerprint density at radius 1 is 1.05 bits per heavy atom. The molecular weight excluding hydrogens is 244 g/mol. The molecular formula is C18H32N2. The second-order valence-electron chi connectivity index (χ2n) is 7.06. The van der Waals surface area contributed by atoms with Crippen LogP contribution in [-0.4, -0.2) is 32.1 Å². The fourth-order valence-electron chi connectivity index (χ4n) is 2.26. The largest absolute Gasteiger partial charge is 0.310 e. The molecule has 0 saturated heterocycles. The van der Waals surface area contributed by atoms with E-state index in [0.717, 1.165) is 6.54 Å². The second kappa shape index (κ2) is 7.80. The summed E-state index contributed by atoms with van der Waals surface area (Å²) in [5.74, 6) is 0. The molecule has 0 aliphatic rings. The average Bonchev–Trinajstić information content (AvgIpc) is 2.37. The summed E-state index contributed by atoms with van der Waals surface area (Å²) in [4.78, 5) is 2.24. The number of hydrogen-bond donors (Lipinski definition) is 1. The minimum Gasteiger partial charge on any atom is -0.310 e. The van der Waals surface area contributed by atoms with E-state index >= 15 is 0 Å². The van der Waals surface area contributed by atoms with Crippen LogP contribution in [0.3, 0.4) is 0 Å². The Morgan fingerprint density at radius 2 is 1.65 bits per heavy atom. The normalized spacial score (nSPS) is 13.8. The van der Waals surface area contributed by atoms with Crippen molar-refractivity contribution in [1.82, 2.24) is 10.2 Å². The highest BCUT2D eigenvalue weighted by molar-refractivity contribution is 5.28. The fraction of sp³-hybridized carbons (Fsp3) is 0.667. The van der Waals surface area contributed by atoms with E-state index in [0.29, 0.717) is 6.04 Å². The summed E-state index contributed by atoms with van der Waals surface area (Å²) >= 11 is 0. The van der Waals surface area contributed by atoms with E-state index in [1.54, 1.807) is 0 Å². The molecule has 114 valence electrons. The van der Waals surface area contributed by atoms with Crippen LogP contribution in [0.25, 0.3) is 0 Å². The maximum atomic E-state index is 3.61. The van der Waals surface area contributed by atoms with E-state index in [-0.39, 0.29) is 5.41 Å². The molecule has 2 heteroatoms. The Balaban J connectivity index is 2.38. The summed E-state index contributed by atoms with van der Waals surface area (Å²) in [5, 5.41) is 3.61. The maximum absolute atomic E-state index is 3.61. The number of rotatable bonds is 7. The summed E-state index contributed by atoms with van der Waals surface area (Å²) < 4.78 is 0. The molecule has 1 N–H and O–H groups in total. The van der Waals surface area contributed by atoms with Crippen LogP contribution in [0.4, 0.5) is 0 Å². The first kappa shape index (κ1) is 17.2. The molecule has 0 fully saturated rings. The highest BCUT2D eigenvalue weighted by Gasteiger charge is 2.13. The molecule has 1 atom stereocenters. The van der Waals surface area contributed by atoms with Gasteiger partial charge in [0.1, 0.15) is 0 Å². The lowest BCUT2D eigenvalue weighted by atomic mass is 9.86. The zero-order valence-electron chi connectivity index (χ0n) is 14.2. The summed E-state index contributed by atoms with van der Waals surface area (Å²) in [7, 11) is 4.26. The van der Waals surface area contributed by atoms with E-state index in [9.17, 15) is 0 Å². The standard InChI is InChI=1S/C18H32N2/c1-15(19-13-7-8-14-20(5)6)16-9-11-17(12-10-16)18(2,3)4/h9-12,15,19H,7-8,13-14H2,1-6H3. The molecule has 0 radical (unpaired) electrons. The van der Waals surface area contributed by atoms with Gasteiger partial charge < -0.3 is 10.2 Å². The van der Waals surface area contributed by atoms with Crippen LogP contribution in [-0.2, 0) is 5.41 Å². The molecule has 0 amide bonds. The lowest BCUT2D eigenvalue weighted by molar-refractivity contribution is 0.389. The maximum Gasteiger partial charge on any atom is 0.0291 e. The Morgan fingerprint density at radius 3 is 2.15 bits per heavy atom. The zero-order chi connectivity index (χ0) is 15.2. The van der Waals surface area contributed by atoms with Crippen molar-refractivity contribution in [2.45, 2.75) is 52.0 Å². The van der Waals surface area contributed by atoms with Crippen molar-refractivity contribution in [3.8, 4) is 0 Å². The molecule has 1 rings (SSSR count). The Kier molecular flexibility index (Phi) is 6.70. The van der Waals surface area contributed by atoms with Crippen molar-refractivity contribution in [3.05, 3.63) is 35.4 Å². The van der Waals surface area contributed by atoms with Gasteiger partial charge in [0.2, 0.25) is 0 Å². The number of hydrogen-bond acceptors (Lipinski definition) is 2. The quantitative estimate of drug-likeness (QED) is 0.758.